The molecule has 1 heterocycles. The molecule has 0 spiro atoms. The molecule has 1 aromatic heterocycles. The van der Waals surface area contributed by atoms with Crippen molar-refractivity contribution >= 4 is 17.7 Å². The predicted molar refractivity (Wildman–Crippen MR) is 81.4 cm³/mol. The zero-order valence-electron chi connectivity index (χ0n) is 11.8. The molecule has 0 amide bonds. The molecule has 1 aromatic carbocycles. The Balaban J connectivity index is 2.27. The van der Waals surface area contributed by atoms with E-state index in [1.165, 1.54) is 11.8 Å². The van der Waals surface area contributed by atoms with Gasteiger partial charge in [-0.2, -0.15) is 5.26 Å². The van der Waals surface area contributed by atoms with Crippen LogP contribution in [0.4, 0.5) is 0 Å². The van der Waals surface area contributed by atoms with E-state index in [4.69, 9.17) is 5.26 Å². The lowest BCUT2D eigenvalue weighted by atomic mass is 10.1. The molecule has 2 rings (SSSR count). The summed E-state index contributed by atoms with van der Waals surface area (Å²) >= 11 is 1.37. The molecule has 1 N–H and O–H groups in total. The Hall–Kier alpha value is -2.32. The largest absolute Gasteiger partial charge is 0.478 e. The molecule has 2 aromatic rings. The standard InChI is InChI=1S/C16H14N2O2S/c1-10-6-11(2)18-15(14(10)16(19)20)21-9-13-5-3-4-12(7-13)8-17/h3-7H,9H2,1-2H3,(H,19,20). The van der Waals surface area contributed by atoms with Crippen LogP contribution >= 0.6 is 11.8 Å². The lowest BCUT2D eigenvalue weighted by Gasteiger charge is -2.09. The number of benzene rings is 1. The van der Waals surface area contributed by atoms with Gasteiger partial charge in [0.2, 0.25) is 0 Å². The van der Waals surface area contributed by atoms with Crippen molar-refractivity contribution in [3.05, 3.63) is 58.3 Å². The third-order valence-corrected chi connectivity index (χ3v) is 4.00. The number of aryl methyl sites for hydroxylation is 2. The van der Waals surface area contributed by atoms with Crippen molar-refractivity contribution in [3.63, 3.8) is 0 Å². The first-order valence-corrected chi connectivity index (χ1v) is 7.33. The number of carboxylic acid groups (broad SMARTS) is 1. The first-order chi connectivity index (χ1) is 10.0. The maximum atomic E-state index is 11.4. The highest BCUT2D eigenvalue weighted by Crippen LogP contribution is 2.27. The van der Waals surface area contributed by atoms with E-state index in [1.54, 1.807) is 25.1 Å². The van der Waals surface area contributed by atoms with Crippen LogP contribution in [0, 0.1) is 25.2 Å². The summed E-state index contributed by atoms with van der Waals surface area (Å²) in [6.45, 7) is 3.62. The van der Waals surface area contributed by atoms with E-state index in [0.717, 1.165) is 11.3 Å². The highest BCUT2D eigenvalue weighted by Gasteiger charge is 2.16. The van der Waals surface area contributed by atoms with Crippen LogP contribution < -0.4 is 0 Å². The summed E-state index contributed by atoms with van der Waals surface area (Å²) in [5, 5.41) is 18.7. The van der Waals surface area contributed by atoms with Crippen molar-refractivity contribution in [1.29, 1.82) is 5.26 Å². The van der Waals surface area contributed by atoms with E-state index in [-0.39, 0.29) is 5.56 Å². The average molecular weight is 298 g/mol. The van der Waals surface area contributed by atoms with Gasteiger partial charge in [-0.3, -0.25) is 0 Å². The quantitative estimate of drug-likeness (QED) is 0.874. The minimum Gasteiger partial charge on any atom is -0.478 e. The van der Waals surface area contributed by atoms with Crippen LogP contribution in [-0.4, -0.2) is 16.1 Å². The minimum atomic E-state index is -0.965. The number of nitrogens with zero attached hydrogens (tertiary/aromatic N) is 2. The normalized spacial score (nSPS) is 10.1. The summed E-state index contributed by atoms with van der Waals surface area (Å²) in [7, 11) is 0. The van der Waals surface area contributed by atoms with Gasteiger partial charge in [-0.05, 0) is 43.2 Å². The molecule has 0 atom stereocenters. The molecule has 5 heteroatoms. The number of aromatic carboxylic acids is 1. The Labute approximate surface area is 127 Å². The van der Waals surface area contributed by atoms with E-state index in [2.05, 4.69) is 11.1 Å². The van der Waals surface area contributed by atoms with Crippen LogP contribution in [0.3, 0.4) is 0 Å². The Morgan fingerprint density at radius 1 is 1.38 bits per heavy atom. The molecule has 0 bridgehead atoms. The summed E-state index contributed by atoms with van der Waals surface area (Å²) in [5.74, 6) is -0.389. The van der Waals surface area contributed by atoms with Crippen molar-refractivity contribution in [1.82, 2.24) is 4.98 Å². The highest BCUT2D eigenvalue weighted by molar-refractivity contribution is 7.98. The highest BCUT2D eigenvalue weighted by atomic mass is 32.2. The van der Waals surface area contributed by atoms with E-state index >= 15 is 0 Å². The van der Waals surface area contributed by atoms with Gasteiger partial charge < -0.3 is 5.11 Å². The lowest BCUT2D eigenvalue weighted by molar-refractivity contribution is 0.0691. The van der Waals surface area contributed by atoms with Gasteiger partial charge in [-0.25, -0.2) is 9.78 Å². The number of carbonyl (C=O) groups is 1. The Morgan fingerprint density at radius 2 is 2.14 bits per heavy atom. The van der Waals surface area contributed by atoms with Crippen LogP contribution in [0.1, 0.15) is 32.7 Å². The Morgan fingerprint density at radius 3 is 2.81 bits per heavy atom. The second kappa shape index (κ2) is 6.42. The zero-order chi connectivity index (χ0) is 15.4. The molecule has 21 heavy (non-hydrogen) atoms. The molecular formula is C16H14N2O2S. The van der Waals surface area contributed by atoms with Crippen molar-refractivity contribution in [2.24, 2.45) is 0 Å². The predicted octanol–water partition coefficient (Wildman–Crippen LogP) is 3.56. The van der Waals surface area contributed by atoms with Crippen molar-refractivity contribution in [2.75, 3.05) is 0 Å². The van der Waals surface area contributed by atoms with Gasteiger partial charge >= 0.3 is 5.97 Å². The molecule has 0 unspecified atom stereocenters. The SMILES string of the molecule is Cc1cc(C)c(C(=O)O)c(SCc2cccc(C#N)c2)n1. The Bertz CT molecular complexity index is 736. The lowest BCUT2D eigenvalue weighted by Crippen LogP contribution is -2.05. The fourth-order valence-electron chi connectivity index (χ4n) is 2.05. The van der Waals surface area contributed by atoms with Crippen LogP contribution in [0.25, 0.3) is 0 Å². The van der Waals surface area contributed by atoms with Crippen LogP contribution in [-0.2, 0) is 5.75 Å². The number of pyridine rings is 1. The molecule has 0 aliphatic heterocycles. The second-order valence-electron chi connectivity index (χ2n) is 4.67. The van der Waals surface area contributed by atoms with Gasteiger partial charge in [-0.15, -0.1) is 11.8 Å². The molecule has 0 aliphatic rings. The molecule has 0 aliphatic carbocycles. The molecule has 4 nitrogen and oxygen atoms in total. The average Bonchev–Trinajstić information content (AvgIpc) is 2.44. The third-order valence-electron chi connectivity index (χ3n) is 2.96. The number of hydrogen-bond acceptors (Lipinski definition) is 4. The van der Waals surface area contributed by atoms with Crippen molar-refractivity contribution in [2.45, 2.75) is 24.6 Å². The monoisotopic (exact) mass is 298 g/mol. The zero-order valence-corrected chi connectivity index (χ0v) is 12.6. The number of nitriles is 1. The number of rotatable bonds is 4. The van der Waals surface area contributed by atoms with E-state index in [9.17, 15) is 9.90 Å². The fourth-order valence-corrected chi connectivity index (χ4v) is 3.13. The van der Waals surface area contributed by atoms with E-state index in [1.807, 2.05) is 19.1 Å². The number of carboxylic acids is 1. The second-order valence-corrected chi connectivity index (χ2v) is 5.63. The third kappa shape index (κ3) is 3.61. The minimum absolute atomic E-state index is 0.252. The molecule has 0 radical (unpaired) electrons. The van der Waals surface area contributed by atoms with Crippen molar-refractivity contribution < 1.29 is 9.90 Å². The number of thioether (sulfide) groups is 1. The number of hydrogen-bond donors (Lipinski definition) is 1. The maximum Gasteiger partial charge on any atom is 0.338 e. The fraction of sp³-hybridized carbons (Fsp3) is 0.188. The van der Waals surface area contributed by atoms with E-state index < -0.39 is 5.97 Å². The van der Waals surface area contributed by atoms with Crippen LogP contribution in [0.5, 0.6) is 0 Å². The first-order valence-electron chi connectivity index (χ1n) is 6.34. The van der Waals surface area contributed by atoms with Gasteiger partial charge in [0, 0.05) is 11.4 Å². The molecule has 0 fully saturated rings. The summed E-state index contributed by atoms with van der Waals surface area (Å²) in [4.78, 5) is 15.7. The number of aromatic nitrogens is 1. The molecular weight excluding hydrogens is 284 g/mol. The summed E-state index contributed by atoms with van der Waals surface area (Å²) in [6.07, 6.45) is 0. The molecule has 0 saturated heterocycles. The van der Waals surface area contributed by atoms with Gasteiger partial charge in [0.05, 0.1) is 17.2 Å². The van der Waals surface area contributed by atoms with E-state index in [0.29, 0.717) is 21.9 Å². The van der Waals surface area contributed by atoms with Crippen molar-refractivity contribution in [3.8, 4) is 6.07 Å². The topological polar surface area (TPSA) is 74.0 Å². The van der Waals surface area contributed by atoms with Crippen LogP contribution in [0.15, 0.2) is 35.4 Å². The van der Waals surface area contributed by atoms with Gasteiger partial charge in [0.1, 0.15) is 5.03 Å². The molecule has 0 saturated carbocycles. The van der Waals surface area contributed by atoms with Gasteiger partial charge in [0.25, 0.3) is 0 Å². The maximum absolute atomic E-state index is 11.4. The summed E-state index contributed by atoms with van der Waals surface area (Å²) in [6, 6.07) is 11.1. The van der Waals surface area contributed by atoms with Gasteiger partial charge in [-0.1, -0.05) is 12.1 Å². The summed E-state index contributed by atoms with van der Waals surface area (Å²) in [5.41, 5.74) is 3.33. The van der Waals surface area contributed by atoms with Crippen LogP contribution in [0.2, 0.25) is 0 Å². The first kappa shape index (κ1) is 15.1. The Kier molecular flexibility index (Phi) is 4.61. The van der Waals surface area contributed by atoms with Gasteiger partial charge in [0.15, 0.2) is 0 Å². The summed E-state index contributed by atoms with van der Waals surface area (Å²) < 4.78 is 0. The smallest absolute Gasteiger partial charge is 0.338 e. The molecule has 106 valence electrons.